The molecular formula is C21H22N4O2. The summed E-state index contributed by atoms with van der Waals surface area (Å²) in [4.78, 5) is 25.0. The fraction of sp³-hybridized carbons (Fsp3) is 0.143. The minimum absolute atomic E-state index is 0.169. The Morgan fingerprint density at radius 2 is 1.56 bits per heavy atom. The molecular weight excluding hydrogens is 340 g/mol. The maximum atomic E-state index is 12.9. The number of anilines is 2. The highest BCUT2D eigenvalue weighted by molar-refractivity contribution is 5.99. The Labute approximate surface area is 157 Å². The van der Waals surface area contributed by atoms with Crippen LogP contribution in [0.1, 0.15) is 12.6 Å². The summed E-state index contributed by atoms with van der Waals surface area (Å²) in [6.07, 6.45) is 1.44. The molecule has 0 aliphatic heterocycles. The SMILES string of the molecule is CC(=CC(=O)Nc1ccccc1)Nc1c(C)n(C)n(-c2ccccc2)c1=O. The topological polar surface area (TPSA) is 68.1 Å². The van der Waals surface area contributed by atoms with Crippen LogP contribution in [0.5, 0.6) is 0 Å². The second-order valence-corrected chi connectivity index (χ2v) is 6.24. The molecule has 0 atom stereocenters. The maximum Gasteiger partial charge on any atom is 0.295 e. The molecule has 6 heteroatoms. The minimum atomic E-state index is -0.261. The van der Waals surface area contributed by atoms with E-state index >= 15 is 0 Å². The highest BCUT2D eigenvalue weighted by Gasteiger charge is 2.16. The Hall–Kier alpha value is -3.54. The number of carbonyl (C=O) groups is 1. The van der Waals surface area contributed by atoms with Crippen LogP contribution < -0.4 is 16.2 Å². The van der Waals surface area contributed by atoms with Crippen LogP contribution in [0.3, 0.4) is 0 Å². The number of rotatable bonds is 5. The summed E-state index contributed by atoms with van der Waals surface area (Å²) in [7, 11) is 1.83. The first-order valence-electron chi connectivity index (χ1n) is 8.62. The largest absolute Gasteiger partial charge is 0.353 e. The fourth-order valence-electron chi connectivity index (χ4n) is 2.84. The Bertz CT molecular complexity index is 1030. The predicted molar refractivity (Wildman–Crippen MR) is 108 cm³/mol. The van der Waals surface area contributed by atoms with E-state index < -0.39 is 0 Å². The highest BCUT2D eigenvalue weighted by atomic mass is 16.1. The lowest BCUT2D eigenvalue weighted by Crippen LogP contribution is -2.21. The predicted octanol–water partition coefficient (Wildman–Crippen LogP) is 3.44. The lowest BCUT2D eigenvalue weighted by Gasteiger charge is -2.07. The van der Waals surface area contributed by atoms with Gasteiger partial charge in [0.25, 0.3) is 5.56 Å². The molecule has 0 fully saturated rings. The molecule has 0 aliphatic carbocycles. The molecule has 0 saturated carbocycles. The second-order valence-electron chi connectivity index (χ2n) is 6.24. The fourth-order valence-corrected chi connectivity index (χ4v) is 2.84. The van der Waals surface area contributed by atoms with Gasteiger partial charge in [-0.1, -0.05) is 36.4 Å². The van der Waals surface area contributed by atoms with E-state index in [9.17, 15) is 9.59 Å². The van der Waals surface area contributed by atoms with Gasteiger partial charge < -0.3 is 10.6 Å². The van der Waals surface area contributed by atoms with Gasteiger partial charge in [-0.05, 0) is 38.1 Å². The van der Waals surface area contributed by atoms with Gasteiger partial charge in [-0.25, -0.2) is 4.68 Å². The number of para-hydroxylation sites is 2. The average Bonchev–Trinajstić information content (AvgIpc) is 2.86. The molecule has 27 heavy (non-hydrogen) atoms. The molecule has 2 aromatic carbocycles. The number of carbonyl (C=O) groups excluding carboxylic acids is 1. The smallest absolute Gasteiger partial charge is 0.295 e. The van der Waals surface area contributed by atoms with Gasteiger partial charge in [-0.3, -0.25) is 14.3 Å². The normalized spacial score (nSPS) is 11.3. The number of allylic oxidation sites excluding steroid dienone is 1. The molecule has 138 valence electrons. The van der Waals surface area contributed by atoms with Crippen LogP contribution in [0.25, 0.3) is 5.69 Å². The minimum Gasteiger partial charge on any atom is -0.353 e. The number of hydrogen-bond donors (Lipinski definition) is 2. The van der Waals surface area contributed by atoms with Gasteiger partial charge >= 0.3 is 0 Å². The van der Waals surface area contributed by atoms with Crippen LogP contribution in [0.15, 0.2) is 77.2 Å². The van der Waals surface area contributed by atoms with Crippen molar-refractivity contribution in [3.8, 4) is 5.69 Å². The van der Waals surface area contributed by atoms with Gasteiger partial charge in [0.15, 0.2) is 0 Å². The number of amides is 1. The molecule has 1 amide bonds. The molecule has 0 radical (unpaired) electrons. The van der Waals surface area contributed by atoms with Crippen molar-refractivity contribution in [3.63, 3.8) is 0 Å². The van der Waals surface area contributed by atoms with E-state index in [1.165, 1.54) is 6.08 Å². The van der Waals surface area contributed by atoms with E-state index in [1.807, 2.05) is 74.6 Å². The van der Waals surface area contributed by atoms with Crippen molar-refractivity contribution in [2.75, 3.05) is 10.6 Å². The number of nitrogens with zero attached hydrogens (tertiary/aromatic N) is 2. The Balaban J connectivity index is 1.83. The van der Waals surface area contributed by atoms with Gasteiger partial charge in [-0.2, -0.15) is 0 Å². The molecule has 3 rings (SSSR count). The first kappa shape index (κ1) is 18.3. The Morgan fingerprint density at radius 1 is 0.963 bits per heavy atom. The summed E-state index contributed by atoms with van der Waals surface area (Å²) in [6, 6.07) is 18.6. The summed E-state index contributed by atoms with van der Waals surface area (Å²) < 4.78 is 3.38. The first-order valence-corrected chi connectivity index (χ1v) is 8.62. The molecule has 0 bridgehead atoms. The van der Waals surface area contributed by atoms with Crippen LogP contribution in [0.2, 0.25) is 0 Å². The Morgan fingerprint density at radius 3 is 2.19 bits per heavy atom. The van der Waals surface area contributed by atoms with Crippen molar-refractivity contribution in [2.45, 2.75) is 13.8 Å². The summed E-state index contributed by atoms with van der Waals surface area (Å²) in [5.74, 6) is -0.261. The molecule has 1 aromatic heterocycles. The van der Waals surface area contributed by atoms with Crippen molar-refractivity contribution in [2.24, 2.45) is 7.05 Å². The van der Waals surface area contributed by atoms with Crippen molar-refractivity contribution >= 4 is 17.3 Å². The van der Waals surface area contributed by atoms with E-state index in [-0.39, 0.29) is 11.5 Å². The van der Waals surface area contributed by atoms with Gasteiger partial charge in [-0.15, -0.1) is 0 Å². The van der Waals surface area contributed by atoms with Gasteiger partial charge in [0, 0.05) is 24.5 Å². The zero-order valence-electron chi connectivity index (χ0n) is 15.6. The van der Waals surface area contributed by atoms with Crippen LogP contribution >= 0.6 is 0 Å². The third-order valence-corrected chi connectivity index (χ3v) is 4.27. The second kappa shape index (κ2) is 7.78. The molecule has 3 aromatic rings. The quantitative estimate of drug-likeness (QED) is 0.683. The van der Waals surface area contributed by atoms with Crippen molar-refractivity contribution in [1.29, 1.82) is 0 Å². The third kappa shape index (κ3) is 4.00. The Kier molecular flexibility index (Phi) is 5.26. The van der Waals surface area contributed by atoms with Gasteiger partial charge in [0.05, 0.1) is 11.4 Å². The van der Waals surface area contributed by atoms with E-state index in [0.29, 0.717) is 17.1 Å². The molecule has 6 nitrogen and oxygen atoms in total. The molecule has 0 aliphatic rings. The molecule has 1 heterocycles. The zero-order valence-corrected chi connectivity index (χ0v) is 15.6. The van der Waals surface area contributed by atoms with E-state index in [0.717, 1.165) is 11.4 Å². The molecule has 2 N–H and O–H groups in total. The maximum absolute atomic E-state index is 12.9. The first-order chi connectivity index (χ1) is 13.0. The van der Waals surface area contributed by atoms with Crippen LogP contribution in [0, 0.1) is 6.92 Å². The van der Waals surface area contributed by atoms with Crippen molar-refractivity contribution in [3.05, 3.63) is 88.5 Å². The van der Waals surface area contributed by atoms with Crippen LogP contribution in [-0.4, -0.2) is 15.3 Å². The summed E-state index contributed by atoms with van der Waals surface area (Å²) in [6.45, 7) is 3.61. The van der Waals surface area contributed by atoms with Gasteiger partial charge in [0.1, 0.15) is 5.69 Å². The average molecular weight is 362 g/mol. The van der Waals surface area contributed by atoms with Gasteiger partial charge in [0.2, 0.25) is 5.91 Å². The monoisotopic (exact) mass is 362 g/mol. The number of aromatic nitrogens is 2. The van der Waals surface area contributed by atoms with E-state index in [2.05, 4.69) is 10.6 Å². The standard InChI is InChI=1S/C21H22N4O2/c1-15(14-19(26)23-17-10-6-4-7-11-17)22-20-16(2)24(3)25(21(20)27)18-12-8-5-9-13-18/h4-14,22H,1-3H3,(H,23,26). The number of hydrogen-bond acceptors (Lipinski definition) is 3. The summed E-state index contributed by atoms with van der Waals surface area (Å²) in [5.41, 5.74) is 3.13. The van der Waals surface area contributed by atoms with Crippen molar-refractivity contribution < 1.29 is 4.79 Å². The third-order valence-electron chi connectivity index (χ3n) is 4.27. The van der Waals surface area contributed by atoms with Crippen LogP contribution in [0.4, 0.5) is 11.4 Å². The van der Waals surface area contributed by atoms with Crippen molar-refractivity contribution in [1.82, 2.24) is 9.36 Å². The molecule has 0 spiro atoms. The summed E-state index contributed by atoms with van der Waals surface area (Å²) in [5, 5.41) is 5.86. The highest BCUT2D eigenvalue weighted by Crippen LogP contribution is 2.15. The number of nitrogens with one attached hydrogen (secondary N) is 2. The molecule has 0 unspecified atom stereocenters. The zero-order chi connectivity index (χ0) is 19.4. The number of benzene rings is 2. The van der Waals surface area contributed by atoms with E-state index in [4.69, 9.17) is 0 Å². The lowest BCUT2D eigenvalue weighted by atomic mass is 10.3. The molecule has 0 saturated heterocycles. The van der Waals surface area contributed by atoms with E-state index in [1.54, 1.807) is 16.3 Å². The lowest BCUT2D eigenvalue weighted by molar-refractivity contribution is -0.111. The van der Waals surface area contributed by atoms with Crippen LogP contribution in [-0.2, 0) is 11.8 Å². The summed E-state index contributed by atoms with van der Waals surface area (Å²) >= 11 is 0.